The zero-order chi connectivity index (χ0) is 18.0. The van der Waals surface area contributed by atoms with Crippen LogP contribution in [-0.4, -0.2) is 34.3 Å². The number of pyridine rings is 1. The molecule has 3 rings (SSSR count). The first-order valence-corrected chi connectivity index (χ1v) is 8.41. The molecule has 2 heterocycles. The smallest absolute Gasteiger partial charge is 0.254 e. The molecule has 6 nitrogen and oxygen atoms in total. The Balaban J connectivity index is 2.12. The van der Waals surface area contributed by atoms with Crippen LogP contribution in [0.2, 0.25) is 5.02 Å². The van der Waals surface area contributed by atoms with Crippen LogP contribution in [-0.2, 0) is 0 Å². The van der Waals surface area contributed by atoms with Gasteiger partial charge < -0.3 is 10.1 Å². The minimum absolute atomic E-state index is 0.227. The first kappa shape index (κ1) is 17.2. The van der Waals surface area contributed by atoms with Crippen LogP contribution >= 0.6 is 11.6 Å². The van der Waals surface area contributed by atoms with Gasteiger partial charge in [-0.15, -0.1) is 0 Å². The van der Waals surface area contributed by atoms with Crippen molar-refractivity contribution in [1.82, 2.24) is 20.1 Å². The van der Waals surface area contributed by atoms with E-state index in [9.17, 15) is 4.79 Å². The molecule has 0 atom stereocenters. The van der Waals surface area contributed by atoms with E-state index in [0.717, 1.165) is 17.9 Å². The van der Waals surface area contributed by atoms with Crippen molar-refractivity contribution >= 4 is 28.5 Å². The van der Waals surface area contributed by atoms with Crippen molar-refractivity contribution in [1.29, 1.82) is 0 Å². The Morgan fingerprint density at radius 1 is 1.40 bits per heavy atom. The van der Waals surface area contributed by atoms with Crippen molar-refractivity contribution in [2.24, 2.45) is 0 Å². The van der Waals surface area contributed by atoms with Gasteiger partial charge in [-0.25, -0.2) is 9.67 Å². The van der Waals surface area contributed by atoms with Gasteiger partial charge in [0.15, 0.2) is 5.65 Å². The summed E-state index contributed by atoms with van der Waals surface area (Å²) in [6, 6.07) is 7.51. The largest absolute Gasteiger partial charge is 0.497 e. The molecular formula is C18H19ClN4O2. The fourth-order valence-electron chi connectivity index (χ4n) is 2.62. The number of aromatic nitrogens is 3. The van der Waals surface area contributed by atoms with Crippen molar-refractivity contribution in [2.75, 3.05) is 13.7 Å². The molecule has 1 N–H and O–H groups in total. The number of fused-ring (bicyclic) bond motifs is 1. The first-order chi connectivity index (χ1) is 12.1. The molecule has 1 amide bonds. The van der Waals surface area contributed by atoms with Crippen molar-refractivity contribution in [3.63, 3.8) is 0 Å². The summed E-state index contributed by atoms with van der Waals surface area (Å²) < 4.78 is 6.97. The zero-order valence-electron chi connectivity index (χ0n) is 14.3. The van der Waals surface area contributed by atoms with Gasteiger partial charge in [0.05, 0.1) is 34.5 Å². The summed E-state index contributed by atoms with van der Waals surface area (Å²) in [5, 5.41) is 8.40. The van der Waals surface area contributed by atoms with E-state index in [0.29, 0.717) is 33.9 Å². The third kappa shape index (κ3) is 3.17. The molecule has 2 aromatic heterocycles. The molecule has 3 aromatic rings. The number of benzene rings is 1. The molecule has 0 radical (unpaired) electrons. The average Bonchev–Trinajstić information content (AvgIpc) is 2.97. The summed E-state index contributed by atoms with van der Waals surface area (Å²) in [5.74, 6) is 0.496. The number of halogens is 1. The molecule has 0 aliphatic heterocycles. The minimum Gasteiger partial charge on any atom is -0.497 e. The van der Waals surface area contributed by atoms with Crippen LogP contribution in [0.15, 0.2) is 30.5 Å². The highest BCUT2D eigenvalue weighted by Gasteiger charge is 2.19. The SMILES string of the molecule is CCCNC(=O)c1cnc2c(c(C)nn2-c2cccc(OC)c2)c1Cl. The molecule has 0 spiro atoms. The quantitative estimate of drug-likeness (QED) is 0.757. The van der Waals surface area contributed by atoms with Gasteiger partial charge in [-0.05, 0) is 25.5 Å². The summed E-state index contributed by atoms with van der Waals surface area (Å²) in [7, 11) is 1.61. The van der Waals surface area contributed by atoms with Crippen molar-refractivity contribution in [3.05, 3.63) is 46.7 Å². The van der Waals surface area contributed by atoms with Gasteiger partial charge in [0.25, 0.3) is 5.91 Å². The summed E-state index contributed by atoms with van der Waals surface area (Å²) in [6.07, 6.45) is 2.35. The Hall–Kier alpha value is -2.60. The van der Waals surface area contributed by atoms with E-state index in [1.807, 2.05) is 38.1 Å². The average molecular weight is 359 g/mol. The van der Waals surface area contributed by atoms with Crippen LogP contribution in [0.3, 0.4) is 0 Å². The Morgan fingerprint density at radius 3 is 2.92 bits per heavy atom. The van der Waals surface area contributed by atoms with E-state index in [-0.39, 0.29) is 5.91 Å². The topological polar surface area (TPSA) is 69.0 Å². The van der Waals surface area contributed by atoms with Crippen molar-refractivity contribution in [3.8, 4) is 11.4 Å². The summed E-state index contributed by atoms with van der Waals surface area (Å²) >= 11 is 6.50. The zero-order valence-corrected chi connectivity index (χ0v) is 15.1. The van der Waals surface area contributed by atoms with E-state index in [1.165, 1.54) is 6.20 Å². The third-order valence-corrected chi connectivity index (χ3v) is 4.28. The van der Waals surface area contributed by atoms with E-state index in [4.69, 9.17) is 16.3 Å². The number of amides is 1. The highest BCUT2D eigenvalue weighted by molar-refractivity contribution is 6.38. The molecule has 25 heavy (non-hydrogen) atoms. The fourth-order valence-corrected chi connectivity index (χ4v) is 2.98. The van der Waals surface area contributed by atoms with Crippen molar-refractivity contribution in [2.45, 2.75) is 20.3 Å². The maximum Gasteiger partial charge on any atom is 0.254 e. The Labute approximate surface area is 150 Å². The lowest BCUT2D eigenvalue weighted by atomic mass is 10.2. The lowest BCUT2D eigenvalue weighted by molar-refractivity contribution is 0.0953. The van der Waals surface area contributed by atoms with Gasteiger partial charge in [-0.1, -0.05) is 24.6 Å². The number of ether oxygens (including phenoxy) is 1. The van der Waals surface area contributed by atoms with Crippen LogP contribution in [0.5, 0.6) is 5.75 Å². The number of rotatable bonds is 5. The molecule has 0 unspecified atom stereocenters. The summed E-state index contributed by atoms with van der Waals surface area (Å²) in [4.78, 5) is 16.7. The van der Waals surface area contributed by atoms with E-state index < -0.39 is 0 Å². The molecule has 1 aromatic carbocycles. The lowest BCUT2D eigenvalue weighted by Crippen LogP contribution is -2.24. The van der Waals surface area contributed by atoms with E-state index >= 15 is 0 Å². The predicted molar refractivity (Wildman–Crippen MR) is 97.8 cm³/mol. The van der Waals surface area contributed by atoms with Gasteiger partial charge in [0, 0.05) is 18.8 Å². The molecule has 0 aliphatic carbocycles. The number of methoxy groups -OCH3 is 1. The number of carbonyl (C=O) groups excluding carboxylic acids is 1. The van der Waals surface area contributed by atoms with E-state index in [1.54, 1.807) is 11.8 Å². The van der Waals surface area contributed by atoms with Gasteiger partial charge >= 0.3 is 0 Å². The normalized spacial score (nSPS) is 10.9. The standard InChI is InChI=1S/C18H19ClN4O2/c1-4-8-20-18(24)14-10-21-17-15(16(14)19)11(2)22-23(17)12-6-5-7-13(9-12)25-3/h5-7,9-10H,4,8H2,1-3H3,(H,20,24). The monoisotopic (exact) mass is 358 g/mol. The number of nitrogens with one attached hydrogen (secondary N) is 1. The molecule has 7 heteroatoms. The van der Waals surface area contributed by atoms with Gasteiger partial charge in [0.1, 0.15) is 5.75 Å². The Kier molecular flexibility index (Phi) is 4.90. The van der Waals surface area contributed by atoms with Crippen LogP contribution < -0.4 is 10.1 Å². The number of carbonyl (C=O) groups is 1. The number of aryl methyl sites for hydroxylation is 1. The maximum absolute atomic E-state index is 12.3. The number of hydrogen-bond donors (Lipinski definition) is 1. The fraction of sp³-hybridized carbons (Fsp3) is 0.278. The lowest BCUT2D eigenvalue weighted by Gasteiger charge is -2.08. The molecule has 0 saturated carbocycles. The van der Waals surface area contributed by atoms with Gasteiger partial charge in [-0.3, -0.25) is 4.79 Å². The molecular weight excluding hydrogens is 340 g/mol. The Morgan fingerprint density at radius 2 is 2.20 bits per heavy atom. The second-order valence-electron chi connectivity index (χ2n) is 5.64. The number of hydrogen-bond acceptors (Lipinski definition) is 4. The molecule has 130 valence electrons. The van der Waals surface area contributed by atoms with E-state index in [2.05, 4.69) is 15.4 Å². The second kappa shape index (κ2) is 7.11. The minimum atomic E-state index is -0.227. The Bertz CT molecular complexity index is 936. The van der Waals surface area contributed by atoms with Gasteiger partial charge in [-0.2, -0.15) is 5.10 Å². The van der Waals surface area contributed by atoms with Crippen LogP contribution in [0, 0.1) is 6.92 Å². The maximum atomic E-state index is 12.3. The highest BCUT2D eigenvalue weighted by Crippen LogP contribution is 2.30. The molecule has 0 fully saturated rings. The van der Waals surface area contributed by atoms with Crippen LogP contribution in [0.1, 0.15) is 29.4 Å². The van der Waals surface area contributed by atoms with Crippen LogP contribution in [0.25, 0.3) is 16.7 Å². The van der Waals surface area contributed by atoms with Gasteiger partial charge in [0.2, 0.25) is 0 Å². The molecule has 0 aliphatic rings. The van der Waals surface area contributed by atoms with Crippen LogP contribution in [0.4, 0.5) is 0 Å². The number of nitrogens with zero attached hydrogens (tertiary/aromatic N) is 3. The molecule has 0 bridgehead atoms. The second-order valence-corrected chi connectivity index (χ2v) is 6.02. The highest BCUT2D eigenvalue weighted by atomic mass is 35.5. The summed E-state index contributed by atoms with van der Waals surface area (Å²) in [5.41, 5.74) is 2.48. The third-order valence-electron chi connectivity index (χ3n) is 3.89. The first-order valence-electron chi connectivity index (χ1n) is 8.03. The van der Waals surface area contributed by atoms with Crippen molar-refractivity contribution < 1.29 is 9.53 Å². The summed E-state index contributed by atoms with van der Waals surface area (Å²) in [6.45, 7) is 4.43. The predicted octanol–water partition coefficient (Wildman–Crippen LogP) is 3.53. The molecule has 0 saturated heterocycles.